The predicted octanol–water partition coefficient (Wildman–Crippen LogP) is 0.407. The Morgan fingerprint density at radius 2 is 2.10 bits per heavy atom. The van der Waals surface area contributed by atoms with Gasteiger partial charge in [0.1, 0.15) is 5.41 Å². The number of carbonyl (C=O) groups excluding carboxylic acids is 1. The number of hydrogen-bond acceptors (Lipinski definition) is 4. The van der Waals surface area contributed by atoms with E-state index in [4.69, 9.17) is 10.5 Å². The summed E-state index contributed by atoms with van der Waals surface area (Å²) in [6.45, 7) is 2.45. The van der Waals surface area contributed by atoms with Crippen molar-refractivity contribution >= 4 is 11.9 Å². The van der Waals surface area contributed by atoms with Crippen LogP contribution in [0.25, 0.3) is 0 Å². The predicted molar refractivity (Wildman–Crippen MR) is 77.0 cm³/mol. The molecule has 2 unspecified atom stereocenters. The largest absolute Gasteiger partial charge is 0.481 e. The van der Waals surface area contributed by atoms with Crippen LogP contribution in [-0.2, 0) is 16.0 Å². The van der Waals surface area contributed by atoms with Gasteiger partial charge in [0.05, 0.1) is 19.3 Å². The first-order valence-corrected chi connectivity index (χ1v) is 6.88. The lowest BCUT2D eigenvalue weighted by Crippen LogP contribution is -2.49. The molecule has 1 aliphatic heterocycles. The Hall–Kier alpha value is -1.92. The molecule has 1 heterocycles. The van der Waals surface area contributed by atoms with E-state index in [1.807, 2.05) is 12.1 Å². The molecule has 0 bridgehead atoms. The van der Waals surface area contributed by atoms with Gasteiger partial charge in [-0.2, -0.15) is 0 Å². The number of amides is 1. The second-order valence-electron chi connectivity index (χ2n) is 5.50. The first-order valence-electron chi connectivity index (χ1n) is 6.88. The molecule has 6 nitrogen and oxygen atoms in total. The third-order valence-electron chi connectivity index (χ3n) is 3.90. The maximum Gasteiger partial charge on any atom is 0.313 e. The molecule has 4 N–H and O–H groups in total. The van der Waals surface area contributed by atoms with E-state index in [9.17, 15) is 14.7 Å². The average Bonchev–Trinajstić information content (AvgIpc) is 2.83. The Balaban J connectivity index is 2.05. The fourth-order valence-corrected chi connectivity index (χ4v) is 2.32. The molecule has 2 rings (SSSR count). The quantitative estimate of drug-likeness (QED) is 0.729. The molecule has 1 fully saturated rings. The van der Waals surface area contributed by atoms with Crippen molar-refractivity contribution in [2.24, 2.45) is 11.1 Å². The van der Waals surface area contributed by atoms with Crippen LogP contribution in [0.1, 0.15) is 22.8 Å². The number of carboxylic acids is 1. The van der Waals surface area contributed by atoms with Crippen LogP contribution in [0.2, 0.25) is 0 Å². The van der Waals surface area contributed by atoms with Gasteiger partial charge in [-0.3, -0.25) is 9.59 Å². The van der Waals surface area contributed by atoms with Crippen LogP contribution in [0.4, 0.5) is 0 Å². The number of nitrogens with two attached hydrogens (primary N) is 1. The minimum absolute atomic E-state index is 0.0999. The summed E-state index contributed by atoms with van der Waals surface area (Å²) in [6, 6.07) is 6.60. The van der Waals surface area contributed by atoms with Gasteiger partial charge in [0.15, 0.2) is 0 Å². The zero-order chi connectivity index (χ0) is 15.5. The number of ether oxygens (including phenoxy) is 1. The van der Waals surface area contributed by atoms with Gasteiger partial charge in [0.25, 0.3) is 5.91 Å². The molecule has 2 atom stereocenters. The lowest BCUT2D eigenvalue weighted by Gasteiger charge is -2.25. The van der Waals surface area contributed by atoms with Gasteiger partial charge >= 0.3 is 5.97 Å². The SMILES string of the molecule is CC1(C(=O)O)COCC1NC(=O)c1ccc(CCN)cc1. The van der Waals surface area contributed by atoms with E-state index in [-0.39, 0.29) is 19.1 Å². The van der Waals surface area contributed by atoms with Crippen LogP contribution in [-0.4, -0.2) is 42.8 Å². The summed E-state index contributed by atoms with van der Waals surface area (Å²) in [7, 11) is 0. The second-order valence-corrected chi connectivity index (χ2v) is 5.50. The zero-order valence-corrected chi connectivity index (χ0v) is 12.0. The Morgan fingerprint density at radius 1 is 1.43 bits per heavy atom. The number of nitrogens with one attached hydrogen (secondary N) is 1. The monoisotopic (exact) mass is 292 g/mol. The minimum Gasteiger partial charge on any atom is -0.481 e. The van der Waals surface area contributed by atoms with Crippen LogP contribution >= 0.6 is 0 Å². The summed E-state index contributed by atoms with van der Waals surface area (Å²) >= 11 is 0. The highest BCUT2D eigenvalue weighted by Crippen LogP contribution is 2.28. The summed E-state index contributed by atoms with van der Waals surface area (Å²) < 4.78 is 5.21. The molecule has 0 radical (unpaired) electrons. The zero-order valence-electron chi connectivity index (χ0n) is 12.0. The molecule has 1 aromatic rings. The third kappa shape index (κ3) is 3.22. The number of carboxylic acid groups (broad SMARTS) is 1. The number of hydrogen-bond donors (Lipinski definition) is 3. The molecular weight excluding hydrogens is 272 g/mol. The van der Waals surface area contributed by atoms with Gasteiger partial charge in [0.2, 0.25) is 0 Å². The topological polar surface area (TPSA) is 102 Å². The highest BCUT2D eigenvalue weighted by atomic mass is 16.5. The molecule has 114 valence electrons. The van der Waals surface area contributed by atoms with E-state index >= 15 is 0 Å². The summed E-state index contributed by atoms with van der Waals surface area (Å²) in [6.07, 6.45) is 0.759. The first kappa shape index (κ1) is 15.5. The van der Waals surface area contributed by atoms with Crippen molar-refractivity contribution in [3.63, 3.8) is 0 Å². The molecule has 0 saturated carbocycles. The van der Waals surface area contributed by atoms with Gasteiger partial charge in [-0.05, 0) is 37.6 Å². The smallest absolute Gasteiger partial charge is 0.313 e. The fraction of sp³-hybridized carbons (Fsp3) is 0.467. The van der Waals surface area contributed by atoms with Crippen LogP contribution in [0, 0.1) is 5.41 Å². The molecule has 1 aliphatic rings. The van der Waals surface area contributed by atoms with Crippen LogP contribution in [0.5, 0.6) is 0 Å². The highest BCUT2D eigenvalue weighted by Gasteiger charge is 2.47. The highest BCUT2D eigenvalue weighted by molar-refractivity contribution is 5.95. The summed E-state index contributed by atoms with van der Waals surface area (Å²) in [5.74, 6) is -1.26. The molecule has 21 heavy (non-hydrogen) atoms. The van der Waals surface area contributed by atoms with E-state index in [1.165, 1.54) is 0 Å². The van der Waals surface area contributed by atoms with E-state index in [0.717, 1.165) is 12.0 Å². The van der Waals surface area contributed by atoms with Gasteiger partial charge in [0, 0.05) is 5.56 Å². The van der Waals surface area contributed by atoms with Crippen molar-refractivity contribution < 1.29 is 19.4 Å². The number of aliphatic carboxylic acids is 1. The average molecular weight is 292 g/mol. The number of benzene rings is 1. The first-order chi connectivity index (χ1) is 9.97. The molecule has 1 amide bonds. The standard InChI is InChI=1S/C15H20N2O4/c1-15(14(19)20)9-21-8-12(15)17-13(18)11-4-2-10(3-5-11)6-7-16/h2-5,12H,6-9,16H2,1H3,(H,17,18)(H,19,20). The van der Waals surface area contributed by atoms with Crippen molar-refractivity contribution in [1.82, 2.24) is 5.32 Å². The minimum atomic E-state index is -1.09. The van der Waals surface area contributed by atoms with Gasteiger partial charge in [-0.25, -0.2) is 0 Å². The maximum absolute atomic E-state index is 12.2. The number of rotatable bonds is 5. The molecule has 0 spiro atoms. The van der Waals surface area contributed by atoms with E-state index in [1.54, 1.807) is 19.1 Å². The van der Waals surface area contributed by atoms with E-state index in [2.05, 4.69) is 5.32 Å². The van der Waals surface area contributed by atoms with Crippen molar-refractivity contribution in [1.29, 1.82) is 0 Å². The van der Waals surface area contributed by atoms with Crippen LogP contribution in [0.15, 0.2) is 24.3 Å². The lowest BCUT2D eigenvalue weighted by atomic mass is 9.85. The third-order valence-corrected chi connectivity index (χ3v) is 3.90. The Kier molecular flexibility index (Phi) is 4.59. The fourth-order valence-electron chi connectivity index (χ4n) is 2.32. The molecule has 0 aromatic heterocycles. The molecule has 1 saturated heterocycles. The van der Waals surface area contributed by atoms with Crippen molar-refractivity contribution in [3.05, 3.63) is 35.4 Å². The Labute approximate surface area is 123 Å². The van der Waals surface area contributed by atoms with Gasteiger partial charge in [-0.15, -0.1) is 0 Å². The molecular formula is C15H20N2O4. The van der Waals surface area contributed by atoms with E-state index < -0.39 is 17.4 Å². The summed E-state index contributed by atoms with van der Waals surface area (Å²) in [5, 5.41) is 12.0. The Morgan fingerprint density at radius 3 is 2.67 bits per heavy atom. The molecule has 0 aliphatic carbocycles. The molecule has 1 aromatic carbocycles. The van der Waals surface area contributed by atoms with Crippen molar-refractivity contribution in [2.75, 3.05) is 19.8 Å². The van der Waals surface area contributed by atoms with E-state index in [0.29, 0.717) is 12.1 Å². The van der Waals surface area contributed by atoms with Crippen LogP contribution < -0.4 is 11.1 Å². The summed E-state index contributed by atoms with van der Waals surface area (Å²) in [5.41, 5.74) is 5.95. The van der Waals surface area contributed by atoms with Crippen molar-refractivity contribution in [3.8, 4) is 0 Å². The van der Waals surface area contributed by atoms with Gasteiger partial charge in [-0.1, -0.05) is 12.1 Å². The Bertz CT molecular complexity index is 529. The molecule has 6 heteroatoms. The second kappa shape index (κ2) is 6.24. The normalized spacial score (nSPS) is 24.8. The lowest BCUT2D eigenvalue weighted by molar-refractivity contribution is -0.148. The van der Waals surface area contributed by atoms with Gasteiger partial charge < -0.3 is 20.9 Å². The summed E-state index contributed by atoms with van der Waals surface area (Å²) in [4.78, 5) is 23.5. The maximum atomic E-state index is 12.2. The van der Waals surface area contributed by atoms with Crippen molar-refractivity contribution in [2.45, 2.75) is 19.4 Å². The van der Waals surface area contributed by atoms with Crippen LogP contribution in [0.3, 0.4) is 0 Å². The number of carbonyl (C=O) groups is 2.